The number of aromatic nitrogens is 1. The fourth-order valence-corrected chi connectivity index (χ4v) is 5.54. The molecule has 134 valence electrons. The van der Waals surface area contributed by atoms with E-state index in [2.05, 4.69) is 12.1 Å². The number of rotatable bonds is 3. The van der Waals surface area contributed by atoms with Gasteiger partial charge >= 0.3 is 0 Å². The Morgan fingerprint density at radius 3 is 2.54 bits per heavy atom. The molecule has 8 heteroatoms. The first-order valence-corrected chi connectivity index (χ1v) is 9.96. The molecule has 24 heavy (non-hydrogen) atoms. The van der Waals surface area contributed by atoms with E-state index in [1.54, 1.807) is 13.8 Å². The molecule has 7 nitrogen and oxygen atoms in total. The second-order valence-corrected chi connectivity index (χ2v) is 8.91. The van der Waals surface area contributed by atoms with Gasteiger partial charge < -0.3 is 9.42 Å². The van der Waals surface area contributed by atoms with Gasteiger partial charge in [0.1, 0.15) is 10.6 Å². The fraction of sp³-hybridized carbons (Fsp3) is 0.750. The summed E-state index contributed by atoms with van der Waals surface area (Å²) in [6, 6.07) is 0. The van der Waals surface area contributed by atoms with Crippen LogP contribution in [0.1, 0.15) is 37.6 Å². The molecule has 0 spiro atoms. The molecule has 0 aromatic carbocycles. The van der Waals surface area contributed by atoms with Crippen LogP contribution in [-0.4, -0.2) is 54.9 Å². The lowest BCUT2D eigenvalue weighted by Gasteiger charge is -2.33. The van der Waals surface area contributed by atoms with E-state index in [9.17, 15) is 13.2 Å². The van der Waals surface area contributed by atoms with Gasteiger partial charge in [-0.1, -0.05) is 12.1 Å². The molecular weight excluding hydrogens is 330 g/mol. The first kappa shape index (κ1) is 17.4. The van der Waals surface area contributed by atoms with Crippen LogP contribution in [0.5, 0.6) is 0 Å². The highest BCUT2D eigenvalue weighted by molar-refractivity contribution is 7.89. The Balaban J connectivity index is 1.77. The molecule has 1 amide bonds. The lowest BCUT2D eigenvalue weighted by atomic mass is 9.98. The van der Waals surface area contributed by atoms with Crippen LogP contribution in [0, 0.1) is 25.7 Å². The van der Waals surface area contributed by atoms with Crippen LogP contribution in [0.3, 0.4) is 0 Å². The number of piperidine rings is 1. The molecule has 0 bridgehead atoms. The van der Waals surface area contributed by atoms with Crippen molar-refractivity contribution < 1.29 is 17.7 Å². The van der Waals surface area contributed by atoms with Crippen molar-refractivity contribution in [3.05, 3.63) is 11.5 Å². The van der Waals surface area contributed by atoms with Crippen LogP contribution >= 0.6 is 0 Å². The summed E-state index contributed by atoms with van der Waals surface area (Å²) in [4.78, 5) is 14.7. The van der Waals surface area contributed by atoms with Gasteiger partial charge in [0.05, 0.1) is 5.92 Å². The molecule has 0 N–H and O–H groups in total. The largest absolute Gasteiger partial charge is 0.360 e. The van der Waals surface area contributed by atoms with E-state index in [0.29, 0.717) is 30.3 Å². The van der Waals surface area contributed by atoms with Crippen molar-refractivity contribution in [3.8, 4) is 0 Å². The minimum atomic E-state index is -3.67. The maximum atomic E-state index is 12.9. The first-order chi connectivity index (χ1) is 11.3. The number of likely N-dealkylation sites (tertiary alicyclic amines) is 1. The van der Waals surface area contributed by atoms with Crippen LogP contribution in [0.25, 0.3) is 0 Å². The van der Waals surface area contributed by atoms with Crippen molar-refractivity contribution in [2.45, 2.75) is 44.9 Å². The van der Waals surface area contributed by atoms with Gasteiger partial charge in [0.15, 0.2) is 5.76 Å². The van der Waals surface area contributed by atoms with Gasteiger partial charge in [-0.3, -0.25) is 4.79 Å². The Hall–Kier alpha value is -1.41. The second-order valence-electron chi connectivity index (χ2n) is 7.03. The van der Waals surface area contributed by atoms with Crippen molar-refractivity contribution in [1.29, 1.82) is 0 Å². The number of carbonyl (C=O) groups excluding carboxylic acids is 1. The molecule has 2 saturated heterocycles. The lowest BCUT2D eigenvalue weighted by Crippen LogP contribution is -2.46. The van der Waals surface area contributed by atoms with Crippen molar-refractivity contribution in [2.24, 2.45) is 11.8 Å². The molecule has 0 aliphatic carbocycles. The molecule has 3 heterocycles. The molecule has 2 fully saturated rings. The first-order valence-electron chi connectivity index (χ1n) is 8.52. The second kappa shape index (κ2) is 6.48. The van der Waals surface area contributed by atoms with E-state index >= 15 is 0 Å². The summed E-state index contributed by atoms with van der Waals surface area (Å²) >= 11 is 0. The quantitative estimate of drug-likeness (QED) is 0.821. The molecule has 1 aromatic rings. The zero-order chi connectivity index (χ0) is 17.5. The summed E-state index contributed by atoms with van der Waals surface area (Å²) in [6.45, 7) is 7.62. The summed E-state index contributed by atoms with van der Waals surface area (Å²) in [6.07, 6.45) is 2.47. The van der Waals surface area contributed by atoms with Crippen molar-refractivity contribution in [1.82, 2.24) is 14.4 Å². The number of aryl methyl sites for hydroxylation is 2. The monoisotopic (exact) mass is 355 g/mol. The molecule has 2 aliphatic heterocycles. The zero-order valence-electron chi connectivity index (χ0n) is 14.5. The van der Waals surface area contributed by atoms with Crippen molar-refractivity contribution in [3.63, 3.8) is 0 Å². The number of hydrogen-bond acceptors (Lipinski definition) is 5. The highest BCUT2D eigenvalue weighted by Gasteiger charge is 2.38. The van der Waals surface area contributed by atoms with Crippen molar-refractivity contribution >= 4 is 15.9 Å². The van der Waals surface area contributed by atoms with Crippen LogP contribution in [0.15, 0.2) is 9.42 Å². The minimum Gasteiger partial charge on any atom is -0.360 e. The Morgan fingerprint density at radius 2 is 1.96 bits per heavy atom. The van der Waals surface area contributed by atoms with E-state index in [-0.39, 0.29) is 23.3 Å². The Labute approximate surface area is 143 Å². The Morgan fingerprint density at radius 1 is 1.21 bits per heavy atom. The number of nitrogens with zero attached hydrogens (tertiary/aromatic N) is 3. The van der Waals surface area contributed by atoms with Crippen molar-refractivity contribution in [2.75, 3.05) is 26.2 Å². The van der Waals surface area contributed by atoms with Crippen LogP contribution in [-0.2, 0) is 14.8 Å². The SMILES string of the molecule is Cc1noc(C)c1S(=O)(=O)N1CCCC(C(=O)N2CCC(C)C2)C1. The third-order valence-corrected chi connectivity index (χ3v) is 7.14. The van der Waals surface area contributed by atoms with Crippen LogP contribution in [0.2, 0.25) is 0 Å². The predicted molar refractivity (Wildman–Crippen MR) is 87.8 cm³/mol. The topological polar surface area (TPSA) is 83.7 Å². The maximum Gasteiger partial charge on any atom is 0.248 e. The highest BCUT2D eigenvalue weighted by Crippen LogP contribution is 2.29. The van der Waals surface area contributed by atoms with Gasteiger partial charge in [0.2, 0.25) is 15.9 Å². The average Bonchev–Trinajstić information content (AvgIpc) is 3.12. The standard InChI is InChI=1S/C16H25N3O4S/c1-11-6-8-18(9-11)16(20)14-5-4-7-19(10-14)24(21,22)15-12(2)17-23-13(15)3/h11,14H,4-10H2,1-3H3. The molecule has 3 rings (SSSR count). The number of amides is 1. The smallest absolute Gasteiger partial charge is 0.248 e. The number of carbonyl (C=O) groups is 1. The molecule has 2 atom stereocenters. The van der Waals surface area contributed by atoms with E-state index in [1.807, 2.05) is 4.90 Å². The third-order valence-electron chi connectivity index (χ3n) is 5.03. The van der Waals surface area contributed by atoms with Gasteiger partial charge in [-0.05, 0) is 39.0 Å². The van der Waals surface area contributed by atoms with E-state index in [0.717, 1.165) is 25.9 Å². The van der Waals surface area contributed by atoms with Crippen LogP contribution in [0.4, 0.5) is 0 Å². The summed E-state index contributed by atoms with van der Waals surface area (Å²) in [7, 11) is -3.67. The predicted octanol–water partition coefficient (Wildman–Crippen LogP) is 1.56. The minimum absolute atomic E-state index is 0.0954. The average molecular weight is 355 g/mol. The molecule has 2 aliphatic rings. The van der Waals surface area contributed by atoms with Gasteiger partial charge in [-0.15, -0.1) is 0 Å². The number of hydrogen-bond donors (Lipinski definition) is 0. The number of sulfonamides is 1. The molecule has 0 radical (unpaired) electrons. The van der Waals surface area contributed by atoms with E-state index in [4.69, 9.17) is 4.52 Å². The van der Waals surface area contributed by atoms with Gasteiger partial charge in [0, 0.05) is 26.2 Å². The lowest BCUT2D eigenvalue weighted by molar-refractivity contribution is -0.135. The maximum absolute atomic E-state index is 12.9. The fourth-order valence-electron chi connectivity index (χ4n) is 3.73. The third kappa shape index (κ3) is 3.09. The molecule has 2 unspecified atom stereocenters. The summed E-state index contributed by atoms with van der Waals surface area (Å²) in [5, 5.41) is 3.75. The zero-order valence-corrected chi connectivity index (χ0v) is 15.3. The van der Waals surface area contributed by atoms with Crippen LogP contribution < -0.4 is 0 Å². The van der Waals surface area contributed by atoms with E-state index in [1.165, 1.54) is 4.31 Å². The Kier molecular flexibility index (Phi) is 4.70. The normalized spacial score (nSPS) is 26.0. The molecule has 1 aromatic heterocycles. The summed E-state index contributed by atoms with van der Waals surface area (Å²) in [5.41, 5.74) is 0.370. The summed E-state index contributed by atoms with van der Waals surface area (Å²) in [5.74, 6) is 0.673. The van der Waals surface area contributed by atoms with E-state index < -0.39 is 10.0 Å². The summed E-state index contributed by atoms with van der Waals surface area (Å²) < 4.78 is 32.3. The Bertz CT molecular complexity index is 708. The van der Waals surface area contributed by atoms with Gasteiger partial charge in [-0.2, -0.15) is 4.31 Å². The highest BCUT2D eigenvalue weighted by atomic mass is 32.2. The molecule has 0 saturated carbocycles. The molecular formula is C16H25N3O4S. The van der Waals surface area contributed by atoms with Gasteiger partial charge in [0.25, 0.3) is 0 Å². The van der Waals surface area contributed by atoms with Gasteiger partial charge in [-0.25, -0.2) is 8.42 Å².